The van der Waals surface area contributed by atoms with E-state index in [1.54, 1.807) is 11.6 Å². The van der Waals surface area contributed by atoms with Crippen LogP contribution in [0.4, 0.5) is 5.69 Å². The number of nitro groups is 1. The number of nitrogens with zero attached hydrogens (tertiary/aromatic N) is 2. The number of carbonyl (C=O) groups excluding carboxylic acids is 1. The number of hydrogen-bond acceptors (Lipinski definition) is 6. The number of rotatable bonds is 3. The fraction of sp³-hybridized carbons (Fsp3) is 0.0909. The van der Waals surface area contributed by atoms with Crippen LogP contribution in [0.25, 0.3) is 10.6 Å². The molecule has 6 nitrogen and oxygen atoms in total. The van der Waals surface area contributed by atoms with E-state index in [0.717, 1.165) is 0 Å². The highest BCUT2D eigenvalue weighted by atomic mass is 32.1. The maximum Gasteiger partial charge on any atom is 0.338 e. The Kier molecular flexibility index (Phi) is 3.33. The Balaban J connectivity index is 2.61. The van der Waals surface area contributed by atoms with Gasteiger partial charge in [0.2, 0.25) is 0 Å². The first kappa shape index (κ1) is 12.2. The molecule has 0 aliphatic carbocycles. The molecule has 1 aromatic carbocycles. The van der Waals surface area contributed by atoms with Crippen LogP contribution < -0.4 is 0 Å². The van der Waals surface area contributed by atoms with Crippen molar-refractivity contribution in [3.8, 4) is 10.6 Å². The summed E-state index contributed by atoms with van der Waals surface area (Å²) >= 11 is 1.30. The maximum absolute atomic E-state index is 11.6. The molecular formula is C11H8N2O4S. The second kappa shape index (κ2) is 4.92. The van der Waals surface area contributed by atoms with Crippen molar-refractivity contribution in [1.29, 1.82) is 0 Å². The molecule has 0 saturated carbocycles. The highest BCUT2D eigenvalue weighted by Gasteiger charge is 2.18. The summed E-state index contributed by atoms with van der Waals surface area (Å²) in [5.74, 6) is -0.546. The predicted molar refractivity (Wildman–Crippen MR) is 65.5 cm³/mol. The highest BCUT2D eigenvalue weighted by Crippen LogP contribution is 2.29. The minimum atomic E-state index is -0.546. The first-order valence-corrected chi connectivity index (χ1v) is 5.78. The second-order valence-corrected chi connectivity index (χ2v) is 4.21. The summed E-state index contributed by atoms with van der Waals surface area (Å²) in [6.07, 6.45) is 1.57. The summed E-state index contributed by atoms with van der Waals surface area (Å²) in [5.41, 5.74) is 0.581. The molecule has 0 atom stereocenters. The summed E-state index contributed by atoms with van der Waals surface area (Å²) < 4.78 is 4.64. The molecule has 0 bridgehead atoms. The number of benzene rings is 1. The van der Waals surface area contributed by atoms with Gasteiger partial charge in [0.1, 0.15) is 5.01 Å². The van der Waals surface area contributed by atoms with Crippen molar-refractivity contribution >= 4 is 23.0 Å². The smallest absolute Gasteiger partial charge is 0.338 e. The Hall–Kier alpha value is -2.28. The van der Waals surface area contributed by atoms with Crippen LogP contribution in [0, 0.1) is 10.1 Å². The van der Waals surface area contributed by atoms with Crippen LogP contribution in [-0.2, 0) is 4.74 Å². The van der Waals surface area contributed by atoms with Crippen molar-refractivity contribution in [3.05, 3.63) is 45.5 Å². The predicted octanol–water partition coefficient (Wildman–Crippen LogP) is 2.50. The lowest BCUT2D eigenvalue weighted by Crippen LogP contribution is -2.04. The number of ether oxygens (including phenoxy) is 1. The van der Waals surface area contributed by atoms with Crippen molar-refractivity contribution < 1.29 is 14.5 Å². The van der Waals surface area contributed by atoms with Crippen molar-refractivity contribution in [2.75, 3.05) is 7.11 Å². The Morgan fingerprint density at radius 3 is 2.83 bits per heavy atom. The van der Waals surface area contributed by atoms with E-state index in [2.05, 4.69) is 9.72 Å². The monoisotopic (exact) mass is 264 g/mol. The molecule has 0 spiro atoms. The molecule has 1 heterocycles. The lowest BCUT2D eigenvalue weighted by atomic mass is 10.1. The van der Waals surface area contributed by atoms with E-state index >= 15 is 0 Å². The molecule has 0 saturated heterocycles. The third-order valence-electron chi connectivity index (χ3n) is 2.28. The van der Waals surface area contributed by atoms with Crippen LogP contribution in [0.5, 0.6) is 0 Å². The van der Waals surface area contributed by atoms with Crippen LogP contribution in [0.3, 0.4) is 0 Å². The zero-order chi connectivity index (χ0) is 13.1. The molecule has 1 aromatic heterocycles. The number of hydrogen-bond donors (Lipinski definition) is 0. The van der Waals surface area contributed by atoms with Gasteiger partial charge in [-0.2, -0.15) is 0 Å². The highest BCUT2D eigenvalue weighted by molar-refractivity contribution is 7.13. The van der Waals surface area contributed by atoms with Gasteiger partial charge in [-0.1, -0.05) is 0 Å². The van der Waals surface area contributed by atoms with Gasteiger partial charge in [0.05, 0.1) is 17.6 Å². The molecule has 18 heavy (non-hydrogen) atoms. The first-order chi connectivity index (χ1) is 8.63. The third-order valence-corrected chi connectivity index (χ3v) is 3.09. The van der Waals surface area contributed by atoms with Gasteiger partial charge in [-0.25, -0.2) is 9.78 Å². The van der Waals surface area contributed by atoms with Gasteiger partial charge in [-0.05, 0) is 6.07 Å². The quantitative estimate of drug-likeness (QED) is 0.483. The number of carbonyl (C=O) groups is 1. The lowest BCUT2D eigenvalue weighted by Gasteiger charge is -2.05. The van der Waals surface area contributed by atoms with Gasteiger partial charge in [-0.3, -0.25) is 10.1 Å². The van der Waals surface area contributed by atoms with E-state index in [-0.39, 0.29) is 11.3 Å². The Labute approximate surface area is 106 Å². The standard InChI is InChI=1S/C11H8N2O4S/c1-17-11(14)8-3-2-7(13(15)16)6-9(8)10-12-4-5-18-10/h2-6H,1H3. The number of nitro benzene ring substituents is 1. The zero-order valence-electron chi connectivity index (χ0n) is 9.32. The minimum absolute atomic E-state index is 0.0900. The number of non-ortho nitro benzene ring substituents is 1. The fourth-order valence-corrected chi connectivity index (χ4v) is 2.14. The Morgan fingerprint density at radius 2 is 2.28 bits per heavy atom. The average Bonchev–Trinajstić information content (AvgIpc) is 2.90. The van der Waals surface area contributed by atoms with Crippen molar-refractivity contribution in [2.24, 2.45) is 0 Å². The largest absolute Gasteiger partial charge is 0.465 e. The molecule has 0 amide bonds. The van der Waals surface area contributed by atoms with Crippen LogP contribution in [0.15, 0.2) is 29.8 Å². The second-order valence-electron chi connectivity index (χ2n) is 3.32. The summed E-state index contributed by atoms with van der Waals surface area (Å²) in [6, 6.07) is 3.97. The minimum Gasteiger partial charge on any atom is -0.465 e. The van der Waals surface area contributed by atoms with E-state index in [9.17, 15) is 14.9 Å². The fourth-order valence-electron chi connectivity index (χ4n) is 1.47. The molecule has 92 valence electrons. The molecule has 0 fully saturated rings. The van der Waals surface area contributed by atoms with E-state index in [4.69, 9.17) is 0 Å². The van der Waals surface area contributed by atoms with Crippen LogP contribution in [-0.4, -0.2) is 23.0 Å². The molecular weight excluding hydrogens is 256 g/mol. The first-order valence-electron chi connectivity index (χ1n) is 4.90. The van der Waals surface area contributed by atoms with E-state index in [1.165, 1.54) is 36.6 Å². The van der Waals surface area contributed by atoms with Gasteiger partial charge in [0.15, 0.2) is 0 Å². The summed E-state index contributed by atoms with van der Waals surface area (Å²) in [7, 11) is 1.26. The molecule has 0 aliphatic rings. The lowest BCUT2D eigenvalue weighted by molar-refractivity contribution is -0.384. The number of aromatic nitrogens is 1. The van der Waals surface area contributed by atoms with Gasteiger partial charge in [-0.15, -0.1) is 11.3 Å². The Bertz CT molecular complexity index is 595. The Morgan fingerprint density at radius 1 is 1.50 bits per heavy atom. The molecule has 7 heteroatoms. The third kappa shape index (κ3) is 2.21. The van der Waals surface area contributed by atoms with Crippen molar-refractivity contribution in [2.45, 2.75) is 0 Å². The molecule has 0 radical (unpaired) electrons. The van der Waals surface area contributed by atoms with Gasteiger partial charge in [0.25, 0.3) is 5.69 Å². The molecule has 0 aliphatic heterocycles. The van der Waals surface area contributed by atoms with Gasteiger partial charge < -0.3 is 4.74 Å². The molecule has 2 aromatic rings. The number of methoxy groups -OCH3 is 1. The maximum atomic E-state index is 11.6. The molecule has 0 N–H and O–H groups in total. The topological polar surface area (TPSA) is 82.3 Å². The summed E-state index contributed by atoms with van der Waals surface area (Å²) in [5, 5.41) is 13.0. The van der Waals surface area contributed by atoms with Crippen LogP contribution in [0.1, 0.15) is 10.4 Å². The van der Waals surface area contributed by atoms with Crippen molar-refractivity contribution in [3.63, 3.8) is 0 Å². The van der Waals surface area contributed by atoms with Crippen LogP contribution >= 0.6 is 11.3 Å². The van der Waals surface area contributed by atoms with Crippen LogP contribution in [0.2, 0.25) is 0 Å². The zero-order valence-corrected chi connectivity index (χ0v) is 10.1. The van der Waals surface area contributed by atoms with E-state index < -0.39 is 10.9 Å². The summed E-state index contributed by atoms with van der Waals surface area (Å²) in [4.78, 5) is 25.9. The van der Waals surface area contributed by atoms with Crippen molar-refractivity contribution in [1.82, 2.24) is 4.98 Å². The SMILES string of the molecule is COC(=O)c1ccc([N+](=O)[O-])cc1-c1nccs1. The van der Waals surface area contributed by atoms with Gasteiger partial charge >= 0.3 is 5.97 Å². The summed E-state index contributed by atoms with van der Waals surface area (Å²) in [6.45, 7) is 0. The molecule has 2 rings (SSSR count). The normalized spacial score (nSPS) is 10.1. The van der Waals surface area contributed by atoms with E-state index in [1.807, 2.05) is 0 Å². The number of thiazole rings is 1. The number of esters is 1. The molecule has 0 unspecified atom stereocenters. The van der Waals surface area contributed by atoms with E-state index in [0.29, 0.717) is 10.6 Å². The van der Waals surface area contributed by atoms with Gasteiger partial charge in [0, 0.05) is 29.3 Å². The average molecular weight is 264 g/mol.